The van der Waals surface area contributed by atoms with Crippen molar-refractivity contribution >= 4 is 0 Å². The Morgan fingerprint density at radius 3 is 2.93 bits per heavy atom. The molecule has 2 rings (SSSR count). The molecule has 1 heterocycles. The minimum Gasteiger partial charge on any atom is -0.486 e. The van der Waals surface area contributed by atoms with Crippen molar-refractivity contribution < 1.29 is 9.13 Å². The molecule has 0 amide bonds. The lowest BCUT2D eigenvalue weighted by atomic mass is 10.1. The Kier molecular flexibility index (Phi) is 2.99. The van der Waals surface area contributed by atoms with Gasteiger partial charge in [-0.2, -0.15) is 0 Å². The van der Waals surface area contributed by atoms with E-state index in [2.05, 4.69) is 5.32 Å². The summed E-state index contributed by atoms with van der Waals surface area (Å²) >= 11 is 0. The lowest BCUT2D eigenvalue weighted by Gasteiger charge is -2.23. The SMILES string of the molecule is Fc1ccccc1O[C@@H]1CCCNC1. The molecule has 1 aliphatic heterocycles. The molecule has 2 nitrogen and oxygen atoms in total. The Labute approximate surface area is 83.1 Å². The Morgan fingerprint density at radius 2 is 2.21 bits per heavy atom. The van der Waals surface area contributed by atoms with Crippen LogP contribution in [0.25, 0.3) is 0 Å². The molecule has 0 unspecified atom stereocenters. The van der Waals surface area contributed by atoms with E-state index in [1.165, 1.54) is 6.07 Å². The van der Waals surface area contributed by atoms with E-state index in [0.717, 1.165) is 25.9 Å². The molecule has 1 aliphatic rings. The number of benzene rings is 1. The molecule has 0 aromatic heterocycles. The number of piperidine rings is 1. The van der Waals surface area contributed by atoms with Gasteiger partial charge in [0.05, 0.1) is 0 Å². The third-order valence-electron chi connectivity index (χ3n) is 2.38. The van der Waals surface area contributed by atoms with Crippen molar-refractivity contribution in [3.8, 4) is 5.75 Å². The van der Waals surface area contributed by atoms with Gasteiger partial charge in [-0.3, -0.25) is 0 Å². The Bertz CT molecular complexity index is 297. The van der Waals surface area contributed by atoms with E-state index in [-0.39, 0.29) is 11.9 Å². The molecule has 1 fully saturated rings. The van der Waals surface area contributed by atoms with Crippen molar-refractivity contribution in [1.29, 1.82) is 0 Å². The largest absolute Gasteiger partial charge is 0.486 e. The Balaban J connectivity index is 1.99. The van der Waals surface area contributed by atoms with Gasteiger partial charge in [0.25, 0.3) is 0 Å². The minimum atomic E-state index is -0.280. The van der Waals surface area contributed by atoms with Crippen molar-refractivity contribution in [3.05, 3.63) is 30.1 Å². The molecular weight excluding hydrogens is 181 g/mol. The van der Waals surface area contributed by atoms with Crippen LogP contribution in [0.5, 0.6) is 5.75 Å². The fourth-order valence-corrected chi connectivity index (χ4v) is 1.64. The zero-order valence-electron chi connectivity index (χ0n) is 8.00. The van der Waals surface area contributed by atoms with Gasteiger partial charge in [-0.05, 0) is 31.5 Å². The van der Waals surface area contributed by atoms with Crippen LogP contribution in [0.2, 0.25) is 0 Å². The van der Waals surface area contributed by atoms with Crippen LogP contribution in [0.4, 0.5) is 4.39 Å². The summed E-state index contributed by atoms with van der Waals surface area (Å²) in [5.74, 6) is 0.0827. The second-order valence-corrected chi connectivity index (χ2v) is 3.52. The van der Waals surface area contributed by atoms with E-state index in [9.17, 15) is 4.39 Å². The van der Waals surface area contributed by atoms with Crippen LogP contribution in [0.1, 0.15) is 12.8 Å². The van der Waals surface area contributed by atoms with E-state index >= 15 is 0 Å². The molecule has 0 radical (unpaired) electrons. The topological polar surface area (TPSA) is 21.3 Å². The molecule has 0 spiro atoms. The number of hydrogen-bond acceptors (Lipinski definition) is 2. The van der Waals surface area contributed by atoms with Gasteiger partial charge >= 0.3 is 0 Å². The molecule has 1 saturated heterocycles. The van der Waals surface area contributed by atoms with Crippen LogP contribution in [0, 0.1) is 5.82 Å². The number of halogens is 1. The molecule has 0 saturated carbocycles. The summed E-state index contributed by atoms with van der Waals surface area (Å²) in [5.41, 5.74) is 0. The van der Waals surface area contributed by atoms with Crippen LogP contribution in [-0.4, -0.2) is 19.2 Å². The molecule has 1 aromatic carbocycles. The monoisotopic (exact) mass is 195 g/mol. The quantitative estimate of drug-likeness (QED) is 0.778. The second-order valence-electron chi connectivity index (χ2n) is 3.52. The second kappa shape index (κ2) is 4.42. The molecule has 1 atom stereocenters. The lowest BCUT2D eigenvalue weighted by molar-refractivity contribution is 0.160. The average Bonchev–Trinajstić information content (AvgIpc) is 2.23. The summed E-state index contributed by atoms with van der Waals surface area (Å²) in [6, 6.07) is 6.55. The Morgan fingerprint density at radius 1 is 1.36 bits per heavy atom. The first-order valence-electron chi connectivity index (χ1n) is 4.98. The van der Waals surface area contributed by atoms with Crippen molar-refractivity contribution in [3.63, 3.8) is 0 Å². The average molecular weight is 195 g/mol. The van der Waals surface area contributed by atoms with Crippen LogP contribution in [0.3, 0.4) is 0 Å². The molecule has 0 bridgehead atoms. The van der Waals surface area contributed by atoms with Crippen molar-refractivity contribution in [2.45, 2.75) is 18.9 Å². The highest BCUT2D eigenvalue weighted by atomic mass is 19.1. The smallest absolute Gasteiger partial charge is 0.165 e. The van der Waals surface area contributed by atoms with Gasteiger partial charge in [0, 0.05) is 6.54 Å². The number of para-hydroxylation sites is 1. The van der Waals surface area contributed by atoms with E-state index in [0.29, 0.717) is 5.75 Å². The summed E-state index contributed by atoms with van der Waals surface area (Å²) < 4.78 is 18.7. The highest BCUT2D eigenvalue weighted by molar-refractivity contribution is 5.23. The number of hydrogen-bond donors (Lipinski definition) is 1. The van der Waals surface area contributed by atoms with E-state index in [1.807, 2.05) is 0 Å². The van der Waals surface area contributed by atoms with Gasteiger partial charge < -0.3 is 10.1 Å². The molecule has 1 aromatic rings. The van der Waals surface area contributed by atoms with Crippen molar-refractivity contribution in [2.75, 3.05) is 13.1 Å². The fourth-order valence-electron chi connectivity index (χ4n) is 1.64. The fraction of sp³-hybridized carbons (Fsp3) is 0.455. The maximum Gasteiger partial charge on any atom is 0.165 e. The zero-order chi connectivity index (χ0) is 9.80. The molecule has 0 aliphatic carbocycles. The van der Waals surface area contributed by atoms with Gasteiger partial charge in [-0.15, -0.1) is 0 Å². The molecule has 76 valence electrons. The van der Waals surface area contributed by atoms with Gasteiger partial charge in [0.15, 0.2) is 11.6 Å². The van der Waals surface area contributed by atoms with Crippen molar-refractivity contribution in [2.24, 2.45) is 0 Å². The van der Waals surface area contributed by atoms with E-state index in [4.69, 9.17) is 4.74 Å². The summed E-state index contributed by atoms with van der Waals surface area (Å²) in [7, 11) is 0. The van der Waals surface area contributed by atoms with Crippen molar-refractivity contribution in [1.82, 2.24) is 5.32 Å². The maximum atomic E-state index is 13.2. The van der Waals surface area contributed by atoms with E-state index < -0.39 is 0 Å². The standard InChI is InChI=1S/C11H14FNO/c12-10-5-1-2-6-11(10)14-9-4-3-7-13-8-9/h1-2,5-6,9,13H,3-4,7-8H2/t9-/m1/s1. The lowest BCUT2D eigenvalue weighted by Crippen LogP contribution is -2.37. The first-order chi connectivity index (χ1) is 6.86. The summed E-state index contributed by atoms with van der Waals surface area (Å²) in [4.78, 5) is 0. The third kappa shape index (κ3) is 2.23. The summed E-state index contributed by atoms with van der Waals surface area (Å²) in [6.07, 6.45) is 2.21. The van der Waals surface area contributed by atoms with Gasteiger partial charge in [0.1, 0.15) is 6.10 Å². The Hall–Kier alpha value is -1.09. The minimum absolute atomic E-state index is 0.112. The van der Waals surface area contributed by atoms with Gasteiger partial charge in [0.2, 0.25) is 0 Å². The number of nitrogens with one attached hydrogen (secondary N) is 1. The predicted octanol–water partition coefficient (Wildman–Crippen LogP) is 1.96. The predicted molar refractivity (Wildman–Crippen MR) is 52.9 cm³/mol. The van der Waals surface area contributed by atoms with Crippen LogP contribution in [-0.2, 0) is 0 Å². The third-order valence-corrected chi connectivity index (χ3v) is 2.38. The first kappa shape index (κ1) is 9.46. The number of rotatable bonds is 2. The highest BCUT2D eigenvalue weighted by Gasteiger charge is 2.15. The zero-order valence-corrected chi connectivity index (χ0v) is 8.00. The maximum absolute atomic E-state index is 13.2. The molecule has 14 heavy (non-hydrogen) atoms. The first-order valence-corrected chi connectivity index (χ1v) is 4.98. The van der Waals surface area contributed by atoms with Gasteiger partial charge in [-0.1, -0.05) is 12.1 Å². The van der Waals surface area contributed by atoms with Crippen LogP contribution in [0.15, 0.2) is 24.3 Å². The molecule has 1 N–H and O–H groups in total. The molecular formula is C11H14FNO. The summed E-state index contributed by atoms with van der Waals surface area (Å²) in [6.45, 7) is 1.85. The van der Waals surface area contributed by atoms with Gasteiger partial charge in [-0.25, -0.2) is 4.39 Å². The number of ether oxygens (including phenoxy) is 1. The van der Waals surface area contributed by atoms with Crippen LogP contribution < -0.4 is 10.1 Å². The highest BCUT2D eigenvalue weighted by Crippen LogP contribution is 2.19. The molecule has 3 heteroatoms. The van der Waals surface area contributed by atoms with E-state index in [1.54, 1.807) is 18.2 Å². The van der Waals surface area contributed by atoms with Crippen LogP contribution >= 0.6 is 0 Å². The summed E-state index contributed by atoms with van der Waals surface area (Å²) in [5, 5.41) is 3.23. The normalized spacial score (nSPS) is 21.9.